The summed E-state index contributed by atoms with van der Waals surface area (Å²) in [6.07, 6.45) is 4.95. The molecule has 0 fully saturated rings. The first-order valence-corrected chi connectivity index (χ1v) is 13.6. The summed E-state index contributed by atoms with van der Waals surface area (Å²) in [4.78, 5) is 38.4. The van der Waals surface area contributed by atoms with Crippen LogP contribution in [-0.2, 0) is 33.8 Å². The second-order valence-corrected chi connectivity index (χ2v) is 10.3. The molecular weight excluding hydrogens is 549 g/mol. The molecule has 0 atom stereocenters. The Bertz CT molecular complexity index is 1370. The Kier molecular flexibility index (Phi) is 9.38. The number of benzene rings is 2. The van der Waals surface area contributed by atoms with E-state index in [0.717, 1.165) is 41.7 Å². The fourth-order valence-electron chi connectivity index (χ4n) is 3.90. The van der Waals surface area contributed by atoms with E-state index in [1.54, 1.807) is 49.4 Å². The van der Waals surface area contributed by atoms with Gasteiger partial charge in [-0.15, -0.1) is 11.3 Å². The third kappa shape index (κ3) is 6.92. The predicted molar refractivity (Wildman–Crippen MR) is 149 cm³/mol. The van der Waals surface area contributed by atoms with Crippen molar-refractivity contribution in [1.82, 2.24) is 5.43 Å². The summed E-state index contributed by atoms with van der Waals surface area (Å²) >= 11 is 13.4. The Hall–Kier alpha value is -3.40. The molecule has 1 heterocycles. The second-order valence-electron chi connectivity index (χ2n) is 8.38. The Morgan fingerprint density at radius 2 is 1.82 bits per heavy atom. The number of hydrazone groups is 1. The number of rotatable bonds is 8. The van der Waals surface area contributed by atoms with Gasteiger partial charge >= 0.3 is 17.8 Å². The molecule has 11 heteroatoms. The Balaban J connectivity index is 1.32. The number of amides is 2. The van der Waals surface area contributed by atoms with E-state index in [1.165, 1.54) is 17.6 Å². The minimum absolute atomic E-state index is 0.218. The third-order valence-corrected chi connectivity index (χ3v) is 7.55. The number of nitrogens with one attached hydrogen (secondary N) is 2. The molecule has 8 nitrogen and oxygen atoms in total. The minimum atomic E-state index is -0.956. The van der Waals surface area contributed by atoms with Crippen LogP contribution in [0.15, 0.2) is 47.6 Å². The molecule has 2 amide bonds. The quantitative estimate of drug-likeness (QED) is 0.154. The van der Waals surface area contributed by atoms with Gasteiger partial charge in [0.1, 0.15) is 17.4 Å². The average molecular weight is 574 g/mol. The number of halogens is 2. The van der Waals surface area contributed by atoms with E-state index in [-0.39, 0.29) is 13.2 Å². The minimum Gasteiger partial charge on any atom is -0.489 e. The molecule has 0 saturated carbocycles. The van der Waals surface area contributed by atoms with Gasteiger partial charge in [-0.05, 0) is 80.1 Å². The molecule has 4 rings (SSSR count). The molecule has 3 aromatic rings. The van der Waals surface area contributed by atoms with Crippen molar-refractivity contribution in [3.63, 3.8) is 0 Å². The van der Waals surface area contributed by atoms with Gasteiger partial charge < -0.3 is 14.8 Å². The molecule has 2 N–H and O–H groups in total. The first kappa shape index (κ1) is 27.6. The number of anilines is 1. The number of ether oxygens (including phenoxy) is 2. The molecule has 0 saturated heterocycles. The summed E-state index contributed by atoms with van der Waals surface area (Å²) in [6.45, 7) is 2.22. The zero-order valence-corrected chi connectivity index (χ0v) is 22.8. The summed E-state index contributed by atoms with van der Waals surface area (Å²) in [5.41, 5.74) is 4.94. The van der Waals surface area contributed by atoms with Crippen molar-refractivity contribution in [3.8, 4) is 5.75 Å². The maximum atomic E-state index is 12.5. The number of carbonyl (C=O) groups excluding carboxylic acids is 3. The lowest BCUT2D eigenvalue weighted by Gasteiger charge is -2.12. The van der Waals surface area contributed by atoms with E-state index in [4.69, 9.17) is 32.7 Å². The van der Waals surface area contributed by atoms with Crippen LogP contribution in [0.1, 0.15) is 51.7 Å². The van der Waals surface area contributed by atoms with E-state index < -0.39 is 17.8 Å². The summed E-state index contributed by atoms with van der Waals surface area (Å²) in [6, 6.07) is 12.2. The van der Waals surface area contributed by atoms with E-state index in [0.29, 0.717) is 31.9 Å². The normalized spacial score (nSPS) is 12.6. The van der Waals surface area contributed by atoms with Crippen molar-refractivity contribution >= 4 is 63.5 Å². The molecule has 0 aliphatic heterocycles. The Labute approximate surface area is 233 Å². The lowest BCUT2D eigenvalue weighted by atomic mass is 9.95. The van der Waals surface area contributed by atoms with Gasteiger partial charge in [0.2, 0.25) is 0 Å². The maximum Gasteiger partial charge on any atom is 0.341 e. The van der Waals surface area contributed by atoms with Crippen LogP contribution < -0.4 is 15.5 Å². The highest BCUT2D eigenvalue weighted by molar-refractivity contribution is 7.17. The van der Waals surface area contributed by atoms with Crippen LogP contribution >= 0.6 is 34.5 Å². The summed E-state index contributed by atoms with van der Waals surface area (Å²) < 4.78 is 10.9. The SMILES string of the molecule is CCOC(=O)c1c(NC(=O)C(=O)N/N=C/c2ccc(OCc3ccc(Cl)cc3Cl)cc2)sc2c1CCCC2. The van der Waals surface area contributed by atoms with Gasteiger partial charge in [0.15, 0.2) is 0 Å². The highest BCUT2D eigenvalue weighted by Gasteiger charge is 2.28. The van der Waals surface area contributed by atoms with Gasteiger partial charge in [0, 0.05) is 20.5 Å². The first-order valence-electron chi connectivity index (χ1n) is 12.0. The molecule has 0 unspecified atom stereocenters. The lowest BCUT2D eigenvalue weighted by Crippen LogP contribution is -2.32. The van der Waals surface area contributed by atoms with Crippen molar-refractivity contribution in [1.29, 1.82) is 0 Å². The number of aryl methyl sites for hydroxylation is 1. The van der Waals surface area contributed by atoms with E-state index >= 15 is 0 Å². The van der Waals surface area contributed by atoms with Gasteiger partial charge in [-0.2, -0.15) is 5.10 Å². The number of hydrogen-bond acceptors (Lipinski definition) is 7. The maximum absolute atomic E-state index is 12.5. The Morgan fingerprint density at radius 1 is 1.05 bits per heavy atom. The van der Waals surface area contributed by atoms with E-state index in [9.17, 15) is 14.4 Å². The van der Waals surface area contributed by atoms with Crippen molar-refractivity contribution in [2.75, 3.05) is 11.9 Å². The van der Waals surface area contributed by atoms with Crippen molar-refractivity contribution < 1.29 is 23.9 Å². The van der Waals surface area contributed by atoms with Crippen LogP contribution in [0.3, 0.4) is 0 Å². The standard InChI is InChI=1S/C27H25Cl2N3O5S/c1-2-36-27(35)23-20-5-3-4-6-22(20)38-26(23)31-24(33)25(34)32-30-14-16-7-11-19(12-8-16)37-15-17-9-10-18(28)13-21(17)29/h7-14H,2-6,15H2,1H3,(H,31,33)(H,32,34)/b30-14+. The molecule has 1 aliphatic carbocycles. The molecule has 2 aromatic carbocycles. The van der Waals surface area contributed by atoms with Crippen molar-refractivity contribution in [2.24, 2.45) is 5.10 Å². The molecule has 1 aromatic heterocycles. The number of carbonyl (C=O) groups is 3. The highest BCUT2D eigenvalue weighted by Crippen LogP contribution is 2.38. The predicted octanol–water partition coefficient (Wildman–Crippen LogP) is 5.78. The molecule has 0 bridgehead atoms. The van der Waals surface area contributed by atoms with E-state index in [2.05, 4.69) is 15.8 Å². The second kappa shape index (κ2) is 12.9. The number of esters is 1. The van der Waals surface area contributed by atoms with Gasteiger partial charge in [-0.25, -0.2) is 10.2 Å². The molecular formula is C27H25Cl2N3O5S. The lowest BCUT2D eigenvalue weighted by molar-refractivity contribution is -0.136. The summed E-state index contributed by atoms with van der Waals surface area (Å²) in [7, 11) is 0. The van der Waals surface area contributed by atoms with Crippen molar-refractivity contribution in [3.05, 3.63) is 79.6 Å². The first-order chi connectivity index (χ1) is 18.4. The number of nitrogens with zero attached hydrogens (tertiary/aromatic N) is 1. The van der Waals surface area contributed by atoms with Gasteiger partial charge in [0.05, 0.1) is 18.4 Å². The number of fused-ring (bicyclic) bond motifs is 1. The van der Waals surface area contributed by atoms with Crippen LogP contribution in [0.2, 0.25) is 10.0 Å². The molecule has 1 aliphatic rings. The fourth-order valence-corrected chi connectivity index (χ4v) is 5.63. The number of hydrogen-bond donors (Lipinski definition) is 2. The van der Waals surface area contributed by atoms with Gasteiger partial charge in [-0.3, -0.25) is 9.59 Å². The fraction of sp³-hybridized carbons (Fsp3) is 0.259. The zero-order valence-electron chi connectivity index (χ0n) is 20.5. The van der Waals surface area contributed by atoms with Gasteiger partial charge in [0.25, 0.3) is 0 Å². The monoisotopic (exact) mass is 573 g/mol. The van der Waals surface area contributed by atoms with Crippen molar-refractivity contribution in [2.45, 2.75) is 39.2 Å². The Morgan fingerprint density at radius 3 is 2.55 bits per heavy atom. The van der Waals surface area contributed by atoms with Crippen LogP contribution in [0.5, 0.6) is 5.75 Å². The highest BCUT2D eigenvalue weighted by atomic mass is 35.5. The van der Waals surface area contributed by atoms with Crippen LogP contribution in [0, 0.1) is 0 Å². The summed E-state index contributed by atoms with van der Waals surface area (Å²) in [5, 5.41) is 7.82. The van der Waals surface area contributed by atoms with Crippen LogP contribution in [0.25, 0.3) is 0 Å². The average Bonchev–Trinajstić information content (AvgIpc) is 3.27. The van der Waals surface area contributed by atoms with Crippen LogP contribution in [0.4, 0.5) is 5.00 Å². The molecule has 0 spiro atoms. The summed E-state index contributed by atoms with van der Waals surface area (Å²) in [5.74, 6) is -1.75. The third-order valence-electron chi connectivity index (χ3n) is 5.75. The number of thiophene rings is 1. The molecule has 198 valence electrons. The smallest absolute Gasteiger partial charge is 0.341 e. The molecule has 38 heavy (non-hydrogen) atoms. The zero-order chi connectivity index (χ0) is 27.1. The largest absolute Gasteiger partial charge is 0.489 e. The van der Waals surface area contributed by atoms with Gasteiger partial charge in [-0.1, -0.05) is 29.3 Å². The van der Waals surface area contributed by atoms with Crippen LogP contribution in [-0.4, -0.2) is 30.6 Å². The van der Waals surface area contributed by atoms with E-state index in [1.807, 2.05) is 0 Å². The molecule has 0 radical (unpaired) electrons. The topological polar surface area (TPSA) is 106 Å².